The summed E-state index contributed by atoms with van der Waals surface area (Å²) in [5, 5.41) is 3.92. The number of fused-ring (bicyclic) bond motifs is 1. The van der Waals surface area contributed by atoms with Crippen LogP contribution in [0.25, 0.3) is 11.0 Å². The van der Waals surface area contributed by atoms with Crippen LogP contribution in [0, 0.1) is 19.7 Å². The zero-order valence-corrected chi connectivity index (χ0v) is 16.1. The van der Waals surface area contributed by atoms with Gasteiger partial charge in [-0.25, -0.2) is 4.39 Å². The molecule has 3 aromatic rings. The summed E-state index contributed by atoms with van der Waals surface area (Å²) in [6.07, 6.45) is 0. The Balaban J connectivity index is 1.79. The second-order valence-electron chi connectivity index (χ2n) is 6.93. The predicted octanol–water partition coefficient (Wildman–Crippen LogP) is 4.16. The molecule has 1 saturated heterocycles. The molecule has 0 aliphatic carbocycles. The average Bonchev–Trinajstić information content (AvgIpc) is 2.98. The Morgan fingerprint density at radius 3 is 2.82 bits per heavy atom. The molecule has 5 nitrogen and oxygen atoms in total. The molecule has 0 saturated carbocycles. The third kappa shape index (κ3) is 3.03. The van der Waals surface area contributed by atoms with Gasteiger partial charge in [0, 0.05) is 24.0 Å². The highest BCUT2D eigenvalue weighted by Crippen LogP contribution is 2.34. The summed E-state index contributed by atoms with van der Waals surface area (Å²) < 4.78 is 19.5. The number of hydrogen-bond acceptors (Lipinski definition) is 3. The first-order valence-electron chi connectivity index (χ1n) is 8.90. The van der Waals surface area contributed by atoms with E-state index in [1.807, 2.05) is 13.0 Å². The predicted molar refractivity (Wildman–Crippen MR) is 104 cm³/mol. The van der Waals surface area contributed by atoms with Crippen molar-refractivity contribution in [2.24, 2.45) is 0 Å². The second kappa shape index (κ2) is 6.95. The van der Waals surface area contributed by atoms with E-state index in [-0.39, 0.29) is 18.2 Å². The normalized spacial score (nSPS) is 17.1. The first-order chi connectivity index (χ1) is 13.4. The molecule has 2 aromatic carbocycles. The number of halogens is 2. The molecule has 1 atom stereocenters. The lowest BCUT2D eigenvalue weighted by Gasteiger charge is -2.34. The van der Waals surface area contributed by atoms with Crippen molar-refractivity contribution in [1.29, 1.82) is 0 Å². The average molecular weight is 401 g/mol. The van der Waals surface area contributed by atoms with Crippen LogP contribution in [-0.2, 0) is 4.79 Å². The molecule has 144 valence electrons. The molecule has 2 amide bonds. The molecule has 0 spiro atoms. The summed E-state index contributed by atoms with van der Waals surface area (Å²) in [5.74, 6) is -1.11. The SMILES string of the molecule is Cc1cc(Cl)c2oc(C(=O)N3CCNC(=O)C3c3cccc(F)c3)c(C)c2c1. The summed E-state index contributed by atoms with van der Waals surface area (Å²) in [6.45, 7) is 4.30. The van der Waals surface area contributed by atoms with Gasteiger partial charge in [0.1, 0.15) is 11.9 Å². The molecule has 7 heteroatoms. The van der Waals surface area contributed by atoms with Crippen LogP contribution in [0.15, 0.2) is 40.8 Å². The van der Waals surface area contributed by atoms with Gasteiger partial charge in [0.2, 0.25) is 5.91 Å². The topological polar surface area (TPSA) is 62.6 Å². The minimum atomic E-state index is -0.929. The quantitative estimate of drug-likeness (QED) is 0.702. The number of benzene rings is 2. The van der Waals surface area contributed by atoms with Crippen molar-refractivity contribution in [3.05, 3.63) is 69.7 Å². The third-order valence-corrected chi connectivity index (χ3v) is 5.25. The summed E-state index contributed by atoms with van der Waals surface area (Å²) in [7, 11) is 0. The molecular weight excluding hydrogens is 383 g/mol. The van der Waals surface area contributed by atoms with Gasteiger partial charge in [0.05, 0.1) is 5.02 Å². The highest BCUT2D eigenvalue weighted by molar-refractivity contribution is 6.35. The zero-order chi connectivity index (χ0) is 20.0. The largest absolute Gasteiger partial charge is 0.449 e. The Morgan fingerprint density at radius 1 is 1.29 bits per heavy atom. The Bertz CT molecular complexity index is 1110. The van der Waals surface area contributed by atoms with Gasteiger partial charge in [-0.05, 0) is 49.2 Å². The van der Waals surface area contributed by atoms with E-state index in [2.05, 4.69) is 5.32 Å². The molecule has 1 unspecified atom stereocenters. The Morgan fingerprint density at radius 2 is 2.07 bits per heavy atom. The van der Waals surface area contributed by atoms with E-state index in [4.69, 9.17) is 16.0 Å². The van der Waals surface area contributed by atoms with E-state index in [0.29, 0.717) is 28.3 Å². The fraction of sp³-hybridized carbons (Fsp3) is 0.238. The minimum Gasteiger partial charge on any atom is -0.449 e. The van der Waals surface area contributed by atoms with Crippen LogP contribution in [0.5, 0.6) is 0 Å². The summed E-state index contributed by atoms with van der Waals surface area (Å²) in [4.78, 5) is 27.3. The number of furan rings is 1. The number of amides is 2. The fourth-order valence-corrected chi connectivity index (χ4v) is 3.95. The number of aryl methyl sites for hydroxylation is 2. The van der Waals surface area contributed by atoms with Gasteiger partial charge in [-0.2, -0.15) is 0 Å². The maximum Gasteiger partial charge on any atom is 0.290 e. The van der Waals surface area contributed by atoms with E-state index in [1.165, 1.54) is 23.1 Å². The van der Waals surface area contributed by atoms with E-state index in [0.717, 1.165) is 10.9 Å². The van der Waals surface area contributed by atoms with Gasteiger partial charge in [-0.3, -0.25) is 9.59 Å². The van der Waals surface area contributed by atoms with Crippen LogP contribution in [0.1, 0.15) is 33.3 Å². The molecule has 0 radical (unpaired) electrons. The van der Waals surface area contributed by atoms with Gasteiger partial charge in [0.15, 0.2) is 11.3 Å². The highest BCUT2D eigenvalue weighted by atomic mass is 35.5. The molecule has 1 aliphatic rings. The number of nitrogens with zero attached hydrogens (tertiary/aromatic N) is 1. The summed E-state index contributed by atoms with van der Waals surface area (Å²) in [5.41, 5.74) is 2.47. The minimum absolute atomic E-state index is 0.138. The molecule has 1 fully saturated rings. The first kappa shape index (κ1) is 18.5. The molecule has 1 aromatic heterocycles. The first-order valence-corrected chi connectivity index (χ1v) is 9.28. The number of piperazine rings is 1. The molecule has 0 bridgehead atoms. The van der Waals surface area contributed by atoms with E-state index in [9.17, 15) is 14.0 Å². The van der Waals surface area contributed by atoms with Crippen LogP contribution in [0.2, 0.25) is 5.02 Å². The van der Waals surface area contributed by atoms with Gasteiger partial charge in [-0.15, -0.1) is 0 Å². The lowest BCUT2D eigenvalue weighted by Crippen LogP contribution is -2.52. The van der Waals surface area contributed by atoms with Gasteiger partial charge in [-0.1, -0.05) is 23.7 Å². The standard InChI is InChI=1S/C21H18ClFN2O3/c1-11-8-15-12(2)18(28-19(15)16(22)9-11)21(27)25-7-6-24-20(26)17(25)13-4-3-5-14(23)10-13/h3-5,8-10,17H,6-7H2,1-2H3,(H,24,26). The Hall–Kier alpha value is -2.86. The number of rotatable bonds is 2. The van der Waals surface area contributed by atoms with Crippen molar-refractivity contribution in [2.75, 3.05) is 13.1 Å². The van der Waals surface area contributed by atoms with Gasteiger partial charge >= 0.3 is 0 Å². The van der Waals surface area contributed by atoms with Gasteiger partial charge < -0.3 is 14.6 Å². The van der Waals surface area contributed by atoms with Crippen molar-refractivity contribution in [2.45, 2.75) is 19.9 Å². The molecule has 1 aliphatic heterocycles. The number of hydrogen-bond donors (Lipinski definition) is 1. The van der Waals surface area contributed by atoms with E-state index < -0.39 is 17.8 Å². The number of carbonyl (C=O) groups excluding carboxylic acids is 2. The van der Waals surface area contributed by atoms with Crippen LogP contribution in [0.4, 0.5) is 4.39 Å². The maximum absolute atomic E-state index is 13.7. The van der Waals surface area contributed by atoms with Crippen molar-refractivity contribution >= 4 is 34.4 Å². The van der Waals surface area contributed by atoms with E-state index >= 15 is 0 Å². The van der Waals surface area contributed by atoms with Crippen molar-refractivity contribution in [1.82, 2.24) is 10.2 Å². The molecular formula is C21H18ClFN2O3. The lowest BCUT2D eigenvalue weighted by atomic mass is 10.0. The number of carbonyl (C=O) groups is 2. The second-order valence-corrected chi connectivity index (χ2v) is 7.33. The molecule has 4 rings (SSSR count). The Kier molecular flexibility index (Phi) is 4.59. The van der Waals surface area contributed by atoms with Crippen LogP contribution < -0.4 is 5.32 Å². The van der Waals surface area contributed by atoms with Crippen molar-refractivity contribution in [3.63, 3.8) is 0 Å². The third-order valence-electron chi connectivity index (χ3n) is 4.97. The molecule has 2 heterocycles. The van der Waals surface area contributed by atoms with Crippen molar-refractivity contribution < 1.29 is 18.4 Å². The van der Waals surface area contributed by atoms with E-state index in [1.54, 1.807) is 19.1 Å². The lowest BCUT2D eigenvalue weighted by molar-refractivity contribution is -0.128. The summed E-state index contributed by atoms with van der Waals surface area (Å²) >= 11 is 6.28. The number of nitrogens with one attached hydrogen (secondary N) is 1. The summed E-state index contributed by atoms with van der Waals surface area (Å²) in [6, 6.07) is 8.46. The zero-order valence-electron chi connectivity index (χ0n) is 15.4. The monoisotopic (exact) mass is 400 g/mol. The fourth-order valence-electron chi connectivity index (χ4n) is 3.64. The Labute approximate surface area is 166 Å². The van der Waals surface area contributed by atoms with Crippen molar-refractivity contribution in [3.8, 4) is 0 Å². The molecule has 1 N–H and O–H groups in total. The maximum atomic E-state index is 13.7. The van der Waals surface area contributed by atoms with Crippen LogP contribution >= 0.6 is 11.6 Å². The van der Waals surface area contributed by atoms with Gasteiger partial charge in [0.25, 0.3) is 5.91 Å². The van der Waals surface area contributed by atoms with Crippen LogP contribution in [-0.4, -0.2) is 29.8 Å². The molecule has 28 heavy (non-hydrogen) atoms. The highest BCUT2D eigenvalue weighted by Gasteiger charge is 2.37. The smallest absolute Gasteiger partial charge is 0.290 e. The van der Waals surface area contributed by atoms with Crippen LogP contribution in [0.3, 0.4) is 0 Å².